The number of carbonyl (C=O) groups is 1. The zero-order valence-corrected chi connectivity index (χ0v) is 13.9. The first kappa shape index (κ1) is 17.3. The molecule has 4 nitrogen and oxygen atoms in total. The summed E-state index contributed by atoms with van der Waals surface area (Å²) in [6.07, 6.45) is 6.28. The fraction of sp³-hybridized carbons (Fsp3) is 0.938. The fourth-order valence-electron chi connectivity index (χ4n) is 2.56. The van der Waals surface area contributed by atoms with E-state index in [-0.39, 0.29) is 6.09 Å². The minimum absolute atomic E-state index is 0.242. The SMILES string of the molecule is CC1CCCC(NCCN(C)C(=O)OC(C)(C)C)CC1. The van der Waals surface area contributed by atoms with E-state index in [0.717, 1.165) is 12.5 Å². The van der Waals surface area contributed by atoms with Crippen molar-refractivity contribution in [1.29, 1.82) is 0 Å². The lowest BCUT2D eigenvalue weighted by molar-refractivity contribution is 0.0299. The molecule has 1 aliphatic rings. The Morgan fingerprint density at radius 1 is 1.25 bits per heavy atom. The highest BCUT2D eigenvalue weighted by Gasteiger charge is 2.20. The molecule has 1 fully saturated rings. The number of rotatable bonds is 4. The van der Waals surface area contributed by atoms with Crippen molar-refractivity contribution in [3.05, 3.63) is 0 Å². The van der Waals surface area contributed by atoms with Crippen molar-refractivity contribution < 1.29 is 9.53 Å². The summed E-state index contributed by atoms with van der Waals surface area (Å²) >= 11 is 0. The Morgan fingerprint density at radius 3 is 2.60 bits per heavy atom. The third kappa shape index (κ3) is 7.13. The van der Waals surface area contributed by atoms with Crippen molar-refractivity contribution in [2.75, 3.05) is 20.1 Å². The number of carbonyl (C=O) groups excluding carboxylic acids is 1. The highest BCUT2D eigenvalue weighted by Crippen LogP contribution is 2.22. The number of hydrogen-bond acceptors (Lipinski definition) is 3. The summed E-state index contributed by atoms with van der Waals surface area (Å²) in [7, 11) is 1.80. The van der Waals surface area contributed by atoms with Gasteiger partial charge in [0.25, 0.3) is 0 Å². The zero-order valence-electron chi connectivity index (χ0n) is 13.9. The van der Waals surface area contributed by atoms with E-state index in [0.29, 0.717) is 12.6 Å². The number of nitrogens with one attached hydrogen (secondary N) is 1. The van der Waals surface area contributed by atoms with Gasteiger partial charge in [0.05, 0.1) is 0 Å². The molecule has 1 N–H and O–H groups in total. The van der Waals surface area contributed by atoms with E-state index < -0.39 is 5.60 Å². The normalized spacial score (nSPS) is 24.1. The van der Waals surface area contributed by atoms with Crippen LogP contribution < -0.4 is 5.32 Å². The van der Waals surface area contributed by atoms with Crippen LogP contribution in [0.4, 0.5) is 4.79 Å². The van der Waals surface area contributed by atoms with E-state index in [1.54, 1.807) is 11.9 Å². The van der Waals surface area contributed by atoms with Gasteiger partial charge in [0, 0.05) is 26.2 Å². The standard InChI is InChI=1S/C16H32N2O2/c1-13-7-6-8-14(10-9-13)17-11-12-18(5)15(19)20-16(2,3)4/h13-14,17H,6-12H2,1-5H3. The van der Waals surface area contributed by atoms with Crippen LogP contribution in [0.3, 0.4) is 0 Å². The first-order valence-electron chi connectivity index (χ1n) is 7.95. The number of amides is 1. The lowest BCUT2D eigenvalue weighted by Gasteiger charge is -2.25. The van der Waals surface area contributed by atoms with Gasteiger partial charge in [-0.1, -0.05) is 19.8 Å². The largest absolute Gasteiger partial charge is 0.444 e. The molecular weight excluding hydrogens is 252 g/mol. The molecule has 20 heavy (non-hydrogen) atoms. The van der Waals surface area contributed by atoms with Crippen LogP contribution in [-0.2, 0) is 4.74 Å². The summed E-state index contributed by atoms with van der Waals surface area (Å²) in [5.41, 5.74) is -0.420. The summed E-state index contributed by atoms with van der Waals surface area (Å²) in [6.45, 7) is 9.56. The van der Waals surface area contributed by atoms with E-state index in [1.807, 2.05) is 20.8 Å². The predicted molar refractivity (Wildman–Crippen MR) is 82.9 cm³/mol. The molecule has 0 aliphatic heterocycles. The smallest absolute Gasteiger partial charge is 0.410 e. The van der Waals surface area contributed by atoms with Crippen molar-refractivity contribution in [3.8, 4) is 0 Å². The van der Waals surface area contributed by atoms with Gasteiger partial charge in [-0.05, 0) is 46.0 Å². The third-order valence-electron chi connectivity index (χ3n) is 3.84. The Hall–Kier alpha value is -0.770. The maximum Gasteiger partial charge on any atom is 0.410 e. The quantitative estimate of drug-likeness (QED) is 0.804. The number of nitrogens with zero attached hydrogens (tertiary/aromatic N) is 1. The Morgan fingerprint density at radius 2 is 1.95 bits per heavy atom. The fourth-order valence-corrected chi connectivity index (χ4v) is 2.56. The van der Waals surface area contributed by atoms with Crippen molar-refractivity contribution >= 4 is 6.09 Å². The minimum Gasteiger partial charge on any atom is -0.444 e. The summed E-state index contributed by atoms with van der Waals surface area (Å²) in [5.74, 6) is 0.867. The minimum atomic E-state index is -0.420. The van der Waals surface area contributed by atoms with Crippen molar-refractivity contribution in [3.63, 3.8) is 0 Å². The maximum absolute atomic E-state index is 11.8. The van der Waals surface area contributed by atoms with Crippen LogP contribution in [-0.4, -0.2) is 42.8 Å². The lowest BCUT2D eigenvalue weighted by atomic mass is 10.0. The molecule has 0 bridgehead atoms. The first-order valence-corrected chi connectivity index (χ1v) is 7.95. The molecule has 1 amide bonds. The van der Waals surface area contributed by atoms with Gasteiger partial charge >= 0.3 is 6.09 Å². The molecule has 1 aliphatic carbocycles. The van der Waals surface area contributed by atoms with Crippen LogP contribution in [0.25, 0.3) is 0 Å². The zero-order chi connectivity index (χ0) is 15.2. The van der Waals surface area contributed by atoms with Crippen LogP contribution in [0.2, 0.25) is 0 Å². The Balaban J connectivity index is 2.21. The molecule has 4 heteroatoms. The van der Waals surface area contributed by atoms with E-state index in [1.165, 1.54) is 32.1 Å². The molecule has 118 valence electrons. The van der Waals surface area contributed by atoms with Crippen LogP contribution in [0.15, 0.2) is 0 Å². The topological polar surface area (TPSA) is 41.6 Å². The molecule has 0 spiro atoms. The number of likely N-dealkylation sites (N-methyl/N-ethyl adjacent to an activating group) is 1. The highest BCUT2D eigenvalue weighted by atomic mass is 16.6. The number of hydrogen-bond donors (Lipinski definition) is 1. The predicted octanol–water partition coefficient (Wildman–Crippen LogP) is 3.41. The first-order chi connectivity index (χ1) is 9.28. The average Bonchev–Trinajstić information content (AvgIpc) is 2.52. The van der Waals surface area contributed by atoms with Gasteiger partial charge in [-0.25, -0.2) is 4.79 Å². The third-order valence-corrected chi connectivity index (χ3v) is 3.84. The van der Waals surface area contributed by atoms with Gasteiger partial charge in [0.2, 0.25) is 0 Å². The molecule has 1 rings (SSSR count). The molecule has 0 aromatic carbocycles. The van der Waals surface area contributed by atoms with E-state index in [9.17, 15) is 4.79 Å². The lowest BCUT2D eigenvalue weighted by Crippen LogP contribution is -2.40. The van der Waals surface area contributed by atoms with Crippen molar-refractivity contribution in [1.82, 2.24) is 10.2 Å². The summed E-state index contributed by atoms with van der Waals surface area (Å²) in [6, 6.07) is 0.618. The van der Waals surface area contributed by atoms with Crippen molar-refractivity contribution in [2.24, 2.45) is 5.92 Å². The van der Waals surface area contributed by atoms with Gasteiger partial charge in [0.15, 0.2) is 0 Å². The maximum atomic E-state index is 11.8. The van der Waals surface area contributed by atoms with Gasteiger partial charge < -0.3 is 15.0 Å². The van der Waals surface area contributed by atoms with Gasteiger partial charge in [-0.3, -0.25) is 0 Å². The van der Waals surface area contributed by atoms with Crippen LogP contribution in [0.1, 0.15) is 59.8 Å². The molecular formula is C16H32N2O2. The van der Waals surface area contributed by atoms with Gasteiger partial charge in [0.1, 0.15) is 5.60 Å². The van der Waals surface area contributed by atoms with Crippen LogP contribution in [0, 0.1) is 5.92 Å². The molecule has 0 aromatic rings. The Labute approximate surface area is 124 Å². The van der Waals surface area contributed by atoms with Crippen LogP contribution >= 0.6 is 0 Å². The molecule has 0 heterocycles. The Bertz CT molecular complexity index is 299. The highest BCUT2D eigenvalue weighted by molar-refractivity contribution is 5.67. The molecule has 0 radical (unpaired) electrons. The molecule has 0 saturated heterocycles. The van der Waals surface area contributed by atoms with Gasteiger partial charge in [-0.15, -0.1) is 0 Å². The van der Waals surface area contributed by atoms with Crippen molar-refractivity contribution in [2.45, 2.75) is 71.4 Å². The summed E-state index contributed by atoms with van der Waals surface area (Å²) in [4.78, 5) is 13.5. The molecule has 2 unspecified atom stereocenters. The second kappa shape index (κ2) is 7.87. The van der Waals surface area contributed by atoms with E-state index >= 15 is 0 Å². The second-order valence-corrected chi connectivity index (χ2v) is 7.17. The molecule has 1 saturated carbocycles. The van der Waals surface area contributed by atoms with Gasteiger partial charge in [-0.2, -0.15) is 0 Å². The average molecular weight is 284 g/mol. The van der Waals surface area contributed by atoms with Crippen LogP contribution in [0.5, 0.6) is 0 Å². The molecule has 2 atom stereocenters. The van der Waals surface area contributed by atoms with E-state index in [4.69, 9.17) is 4.74 Å². The van der Waals surface area contributed by atoms with E-state index in [2.05, 4.69) is 12.2 Å². The molecule has 0 aromatic heterocycles. The summed E-state index contributed by atoms with van der Waals surface area (Å²) < 4.78 is 5.34. The summed E-state index contributed by atoms with van der Waals surface area (Å²) in [5, 5.41) is 3.58. The second-order valence-electron chi connectivity index (χ2n) is 7.17. The monoisotopic (exact) mass is 284 g/mol. The number of ether oxygens (including phenoxy) is 1. The Kier molecular flexibility index (Phi) is 6.80.